The van der Waals surface area contributed by atoms with E-state index in [0.29, 0.717) is 5.71 Å². The second kappa shape index (κ2) is 6.39. The van der Waals surface area contributed by atoms with Gasteiger partial charge in [-0.1, -0.05) is 32.0 Å². The molecular weight excluding hydrogens is 272 g/mol. The molecule has 0 amide bonds. The first-order chi connectivity index (χ1) is 10.3. The molecule has 0 bridgehead atoms. The van der Waals surface area contributed by atoms with Crippen LogP contribution in [0.4, 0.5) is 5.69 Å². The first-order valence-corrected chi connectivity index (χ1v) is 8.10. The fraction of sp³-hybridized carbons (Fsp3) is 0.611. The highest BCUT2D eigenvalue weighted by atomic mass is 15.4. The molecule has 0 saturated carbocycles. The van der Waals surface area contributed by atoms with E-state index in [1.54, 1.807) is 0 Å². The maximum atomic E-state index is 8.30. The Morgan fingerprint density at radius 3 is 2.09 bits per heavy atom. The lowest BCUT2D eigenvalue weighted by Gasteiger charge is -2.54. The standard InChI is InChI=1S/C18H30N4/c1-15(19)17(2,3)18(4,20-16-9-7-6-8-10-16)22-13-11-21(5)12-14-22/h6-10,19-20H,11-14H2,1-5H3. The van der Waals surface area contributed by atoms with Crippen LogP contribution >= 0.6 is 0 Å². The molecule has 0 aliphatic carbocycles. The van der Waals surface area contributed by atoms with E-state index in [0.717, 1.165) is 31.9 Å². The number of hydrogen-bond donors (Lipinski definition) is 2. The van der Waals surface area contributed by atoms with Crippen molar-refractivity contribution >= 4 is 11.4 Å². The number of piperazine rings is 1. The van der Waals surface area contributed by atoms with Crippen LogP contribution in [0.2, 0.25) is 0 Å². The van der Waals surface area contributed by atoms with E-state index in [1.807, 2.05) is 13.0 Å². The lowest BCUT2D eigenvalue weighted by atomic mass is 9.74. The molecule has 1 unspecified atom stereocenters. The molecule has 1 atom stereocenters. The zero-order chi connectivity index (χ0) is 16.4. The van der Waals surface area contributed by atoms with Gasteiger partial charge in [-0.15, -0.1) is 0 Å². The van der Waals surface area contributed by atoms with Crippen LogP contribution in [-0.2, 0) is 0 Å². The van der Waals surface area contributed by atoms with Crippen molar-refractivity contribution in [2.45, 2.75) is 33.4 Å². The molecule has 1 aliphatic rings. The summed E-state index contributed by atoms with van der Waals surface area (Å²) in [6, 6.07) is 10.3. The molecule has 2 N–H and O–H groups in total. The Hall–Kier alpha value is -1.39. The van der Waals surface area contributed by atoms with Crippen molar-refractivity contribution < 1.29 is 0 Å². The van der Waals surface area contributed by atoms with Crippen LogP contribution in [0.1, 0.15) is 27.7 Å². The molecule has 4 heteroatoms. The lowest BCUT2D eigenvalue weighted by molar-refractivity contribution is 0.0188. The van der Waals surface area contributed by atoms with Gasteiger partial charge in [-0.25, -0.2) is 0 Å². The monoisotopic (exact) mass is 302 g/mol. The number of hydrogen-bond acceptors (Lipinski definition) is 4. The Bertz CT molecular complexity index is 503. The van der Waals surface area contributed by atoms with E-state index in [9.17, 15) is 0 Å². The predicted octanol–water partition coefficient (Wildman–Crippen LogP) is 3.13. The summed E-state index contributed by atoms with van der Waals surface area (Å²) in [7, 11) is 2.17. The molecule has 1 aliphatic heterocycles. The van der Waals surface area contributed by atoms with Crippen LogP contribution in [0.5, 0.6) is 0 Å². The highest BCUT2D eigenvalue weighted by Crippen LogP contribution is 2.38. The summed E-state index contributed by atoms with van der Waals surface area (Å²) in [5, 5.41) is 12.0. The normalized spacial score (nSPS) is 20.4. The average Bonchev–Trinajstić information content (AvgIpc) is 2.48. The van der Waals surface area contributed by atoms with Gasteiger partial charge in [-0.05, 0) is 33.0 Å². The fourth-order valence-corrected chi connectivity index (χ4v) is 3.05. The Morgan fingerprint density at radius 1 is 1.05 bits per heavy atom. The number of likely N-dealkylation sites (N-methyl/N-ethyl adjacent to an activating group) is 1. The third-order valence-corrected chi connectivity index (χ3v) is 5.45. The van der Waals surface area contributed by atoms with E-state index < -0.39 is 0 Å². The van der Waals surface area contributed by atoms with Crippen LogP contribution < -0.4 is 5.32 Å². The fourth-order valence-electron chi connectivity index (χ4n) is 3.05. The average molecular weight is 302 g/mol. The molecule has 122 valence electrons. The van der Waals surface area contributed by atoms with E-state index >= 15 is 0 Å². The van der Waals surface area contributed by atoms with E-state index in [4.69, 9.17) is 5.41 Å². The van der Waals surface area contributed by atoms with E-state index in [2.05, 4.69) is 67.2 Å². The molecule has 1 saturated heterocycles. The van der Waals surface area contributed by atoms with Gasteiger partial charge >= 0.3 is 0 Å². The summed E-state index contributed by atoms with van der Waals surface area (Å²) in [5.74, 6) is 0. The largest absolute Gasteiger partial charge is 0.366 e. The highest BCUT2D eigenvalue weighted by Gasteiger charge is 2.47. The minimum Gasteiger partial charge on any atom is -0.366 e. The van der Waals surface area contributed by atoms with Crippen molar-refractivity contribution in [2.75, 3.05) is 38.5 Å². The molecule has 0 aromatic heterocycles. The van der Waals surface area contributed by atoms with Crippen molar-refractivity contribution in [2.24, 2.45) is 5.41 Å². The molecule has 1 aromatic rings. The van der Waals surface area contributed by atoms with Crippen LogP contribution in [0.15, 0.2) is 30.3 Å². The third kappa shape index (κ3) is 3.18. The van der Waals surface area contributed by atoms with E-state index in [1.165, 1.54) is 0 Å². The van der Waals surface area contributed by atoms with Gasteiger partial charge < -0.3 is 15.6 Å². The topological polar surface area (TPSA) is 42.4 Å². The number of benzene rings is 1. The molecule has 1 fully saturated rings. The van der Waals surface area contributed by atoms with Crippen LogP contribution in [0.3, 0.4) is 0 Å². The minimum absolute atomic E-state index is 0.265. The quantitative estimate of drug-likeness (QED) is 0.821. The Morgan fingerprint density at radius 2 is 1.59 bits per heavy atom. The summed E-state index contributed by atoms with van der Waals surface area (Å²) in [4.78, 5) is 4.86. The van der Waals surface area contributed by atoms with Gasteiger partial charge in [0.05, 0.1) is 5.66 Å². The molecule has 1 heterocycles. The molecule has 2 rings (SSSR count). The smallest absolute Gasteiger partial charge is 0.0983 e. The van der Waals surface area contributed by atoms with Crippen molar-refractivity contribution in [1.29, 1.82) is 5.41 Å². The molecule has 22 heavy (non-hydrogen) atoms. The first kappa shape index (κ1) is 17.0. The predicted molar refractivity (Wildman–Crippen MR) is 94.7 cm³/mol. The summed E-state index contributed by atoms with van der Waals surface area (Å²) in [6.45, 7) is 12.7. The number of nitrogens with one attached hydrogen (secondary N) is 2. The number of nitrogens with zero attached hydrogens (tertiary/aromatic N) is 2. The Kier molecular flexibility index (Phi) is 4.93. The van der Waals surface area contributed by atoms with Gasteiger partial charge in [0.1, 0.15) is 0 Å². The second-order valence-electron chi connectivity index (χ2n) is 7.10. The number of anilines is 1. The Labute approximate surface area is 135 Å². The van der Waals surface area contributed by atoms with Crippen molar-refractivity contribution in [3.8, 4) is 0 Å². The SMILES string of the molecule is CC(=N)C(C)(C)C(C)(Nc1ccccc1)N1CCN(C)CC1. The first-order valence-electron chi connectivity index (χ1n) is 8.10. The summed E-state index contributed by atoms with van der Waals surface area (Å²) >= 11 is 0. The maximum Gasteiger partial charge on any atom is 0.0983 e. The van der Waals surface area contributed by atoms with Gasteiger partial charge in [-0.2, -0.15) is 0 Å². The minimum atomic E-state index is -0.290. The van der Waals surface area contributed by atoms with Crippen LogP contribution in [-0.4, -0.2) is 54.4 Å². The summed E-state index contributed by atoms with van der Waals surface area (Å²) in [5.41, 5.74) is 1.26. The van der Waals surface area contributed by atoms with Crippen molar-refractivity contribution in [3.05, 3.63) is 30.3 Å². The molecule has 4 nitrogen and oxygen atoms in total. The highest BCUT2D eigenvalue weighted by molar-refractivity contribution is 5.86. The van der Waals surface area contributed by atoms with Gasteiger partial charge in [0, 0.05) is 43.0 Å². The molecule has 0 spiro atoms. The van der Waals surface area contributed by atoms with Crippen molar-refractivity contribution in [3.63, 3.8) is 0 Å². The molecule has 0 radical (unpaired) electrons. The zero-order valence-corrected chi connectivity index (χ0v) is 14.6. The summed E-state index contributed by atoms with van der Waals surface area (Å²) in [6.07, 6.45) is 0. The second-order valence-corrected chi connectivity index (χ2v) is 7.10. The van der Waals surface area contributed by atoms with E-state index in [-0.39, 0.29) is 11.1 Å². The zero-order valence-electron chi connectivity index (χ0n) is 14.6. The van der Waals surface area contributed by atoms with Gasteiger partial charge in [0.15, 0.2) is 0 Å². The lowest BCUT2D eigenvalue weighted by Crippen LogP contribution is -2.66. The number of rotatable bonds is 5. The van der Waals surface area contributed by atoms with Crippen LogP contribution in [0, 0.1) is 10.8 Å². The maximum absolute atomic E-state index is 8.30. The van der Waals surface area contributed by atoms with Crippen LogP contribution in [0.25, 0.3) is 0 Å². The van der Waals surface area contributed by atoms with Gasteiger partial charge in [-0.3, -0.25) is 4.90 Å². The van der Waals surface area contributed by atoms with Gasteiger partial charge in [0.25, 0.3) is 0 Å². The summed E-state index contributed by atoms with van der Waals surface area (Å²) < 4.78 is 0. The molecule has 1 aromatic carbocycles. The molecular formula is C18H30N4. The number of para-hydroxylation sites is 1. The third-order valence-electron chi connectivity index (χ3n) is 5.45. The Balaban J connectivity index is 2.33. The van der Waals surface area contributed by atoms with Crippen molar-refractivity contribution in [1.82, 2.24) is 9.80 Å². The van der Waals surface area contributed by atoms with Gasteiger partial charge in [0.2, 0.25) is 0 Å².